The van der Waals surface area contributed by atoms with E-state index in [1.165, 1.54) is 0 Å². The number of nitrogens with zero attached hydrogens (tertiary/aromatic N) is 1. The highest BCUT2D eigenvalue weighted by Gasteiger charge is 2.50. The Morgan fingerprint density at radius 2 is 1.84 bits per heavy atom. The van der Waals surface area contributed by atoms with E-state index < -0.39 is 5.60 Å². The number of amides is 1. The lowest BCUT2D eigenvalue weighted by atomic mass is 9.84. The van der Waals surface area contributed by atoms with Gasteiger partial charge in [0.15, 0.2) is 11.5 Å². The van der Waals surface area contributed by atoms with Crippen molar-refractivity contribution < 1.29 is 19.1 Å². The Morgan fingerprint density at radius 1 is 1.08 bits per heavy atom. The molecule has 25 heavy (non-hydrogen) atoms. The van der Waals surface area contributed by atoms with E-state index in [9.17, 15) is 4.79 Å². The summed E-state index contributed by atoms with van der Waals surface area (Å²) in [5.41, 5.74) is 2.26. The van der Waals surface area contributed by atoms with Crippen LogP contribution >= 0.6 is 11.6 Å². The van der Waals surface area contributed by atoms with Gasteiger partial charge in [-0.1, -0.05) is 28.9 Å². The van der Waals surface area contributed by atoms with E-state index in [2.05, 4.69) is 10.5 Å². The lowest BCUT2D eigenvalue weighted by Crippen LogP contribution is -2.48. The number of benzene rings is 2. The van der Waals surface area contributed by atoms with Crippen molar-refractivity contribution in [3.8, 4) is 11.5 Å². The second-order valence-corrected chi connectivity index (χ2v) is 6.74. The van der Waals surface area contributed by atoms with Crippen LogP contribution in [0.5, 0.6) is 11.5 Å². The van der Waals surface area contributed by atoms with E-state index in [1.807, 2.05) is 18.2 Å². The van der Waals surface area contributed by atoms with Crippen LogP contribution in [-0.4, -0.2) is 24.0 Å². The van der Waals surface area contributed by atoms with Gasteiger partial charge < -0.3 is 19.6 Å². The molecule has 3 aliphatic rings. The number of anilines is 1. The third-order valence-electron chi connectivity index (χ3n) is 4.70. The zero-order valence-electron chi connectivity index (χ0n) is 13.0. The number of halogens is 1. The Kier molecular flexibility index (Phi) is 3.00. The number of ether oxygens (including phenoxy) is 2. The molecule has 0 fully saturated rings. The zero-order chi connectivity index (χ0) is 17.0. The summed E-state index contributed by atoms with van der Waals surface area (Å²) in [5, 5.41) is 7.73. The molecule has 0 bridgehead atoms. The van der Waals surface area contributed by atoms with E-state index >= 15 is 0 Å². The Hall–Kier alpha value is -2.73. The summed E-state index contributed by atoms with van der Waals surface area (Å²) < 4.78 is 10.8. The molecule has 2 aromatic rings. The van der Waals surface area contributed by atoms with Crippen molar-refractivity contribution >= 4 is 28.9 Å². The van der Waals surface area contributed by atoms with Gasteiger partial charge >= 0.3 is 0 Å². The van der Waals surface area contributed by atoms with Gasteiger partial charge in [0.05, 0.1) is 5.71 Å². The Bertz CT molecular complexity index is 925. The lowest BCUT2D eigenvalue weighted by molar-refractivity contribution is -0.138. The van der Waals surface area contributed by atoms with Crippen LogP contribution in [0.3, 0.4) is 0 Å². The van der Waals surface area contributed by atoms with Gasteiger partial charge in [-0.2, -0.15) is 0 Å². The first-order valence-corrected chi connectivity index (χ1v) is 8.26. The molecule has 1 unspecified atom stereocenters. The lowest BCUT2D eigenvalue weighted by Gasteiger charge is -2.31. The summed E-state index contributed by atoms with van der Waals surface area (Å²) in [7, 11) is 0. The second kappa shape index (κ2) is 5.13. The number of fused-ring (bicyclic) bond motifs is 2. The summed E-state index contributed by atoms with van der Waals surface area (Å²) in [6.45, 7) is 0.192. The summed E-state index contributed by atoms with van der Waals surface area (Å²) in [6.07, 6.45) is 0.819. The SMILES string of the molecule is O=C1Nc2cc3c(cc2CC12CC(c1ccc(Cl)cc1)=NO2)OCO3. The fourth-order valence-corrected chi connectivity index (χ4v) is 3.49. The average Bonchev–Trinajstić information content (AvgIpc) is 3.22. The number of hydrogen-bond donors (Lipinski definition) is 1. The van der Waals surface area contributed by atoms with Crippen LogP contribution < -0.4 is 14.8 Å². The quantitative estimate of drug-likeness (QED) is 0.852. The first kappa shape index (κ1) is 14.6. The van der Waals surface area contributed by atoms with Crippen LogP contribution in [0.1, 0.15) is 17.5 Å². The van der Waals surface area contributed by atoms with Crippen molar-refractivity contribution in [1.82, 2.24) is 0 Å². The molecule has 126 valence electrons. The maximum atomic E-state index is 12.7. The molecule has 1 amide bonds. The van der Waals surface area contributed by atoms with Crippen LogP contribution in [-0.2, 0) is 16.1 Å². The molecule has 3 aliphatic heterocycles. The molecule has 0 saturated heterocycles. The van der Waals surface area contributed by atoms with Gasteiger partial charge in [-0.05, 0) is 29.3 Å². The first-order valence-electron chi connectivity index (χ1n) is 7.88. The molecule has 0 saturated carbocycles. The summed E-state index contributed by atoms with van der Waals surface area (Å²) in [5.74, 6) is 1.12. The second-order valence-electron chi connectivity index (χ2n) is 6.30. The van der Waals surface area contributed by atoms with Crippen LogP contribution in [0.2, 0.25) is 5.02 Å². The number of rotatable bonds is 1. The molecule has 1 N–H and O–H groups in total. The largest absolute Gasteiger partial charge is 0.454 e. The third-order valence-corrected chi connectivity index (χ3v) is 4.95. The van der Waals surface area contributed by atoms with Crippen LogP contribution in [0.4, 0.5) is 5.69 Å². The molecule has 0 aliphatic carbocycles. The van der Waals surface area contributed by atoms with E-state index in [-0.39, 0.29) is 12.7 Å². The predicted octanol–water partition coefficient (Wildman–Crippen LogP) is 3.13. The molecule has 1 spiro atoms. The van der Waals surface area contributed by atoms with Crippen molar-refractivity contribution in [1.29, 1.82) is 0 Å². The van der Waals surface area contributed by atoms with Gasteiger partial charge in [0, 0.05) is 29.6 Å². The third kappa shape index (κ3) is 2.25. The predicted molar refractivity (Wildman–Crippen MR) is 91.3 cm³/mol. The smallest absolute Gasteiger partial charge is 0.272 e. The van der Waals surface area contributed by atoms with Gasteiger partial charge in [-0.3, -0.25) is 4.79 Å². The Morgan fingerprint density at radius 3 is 2.64 bits per heavy atom. The molecule has 7 heteroatoms. The van der Waals surface area contributed by atoms with E-state index in [0.717, 1.165) is 22.5 Å². The van der Waals surface area contributed by atoms with Crippen LogP contribution in [0, 0.1) is 0 Å². The number of carbonyl (C=O) groups excluding carboxylic acids is 1. The van der Waals surface area contributed by atoms with E-state index in [4.69, 9.17) is 25.9 Å². The molecule has 6 nitrogen and oxygen atoms in total. The standard InChI is InChI=1S/C18H13ClN2O4/c19-12-3-1-10(2-4-12)14-8-18(25-21-14)7-11-5-15-16(24-9-23-15)6-13(11)20-17(18)22/h1-6H,7-9H2,(H,20,22). The molecule has 3 heterocycles. The highest BCUT2D eigenvalue weighted by molar-refractivity contribution is 6.30. The van der Waals surface area contributed by atoms with Crippen molar-refractivity contribution in [3.05, 3.63) is 52.5 Å². The highest BCUT2D eigenvalue weighted by Crippen LogP contribution is 2.43. The average molecular weight is 357 g/mol. The number of hydrogen-bond acceptors (Lipinski definition) is 5. The van der Waals surface area contributed by atoms with Crippen molar-refractivity contribution in [3.63, 3.8) is 0 Å². The van der Waals surface area contributed by atoms with E-state index in [0.29, 0.717) is 29.4 Å². The minimum Gasteiger partial charge on any atom is -0.454 e. The normalized spacial score (nSPS) is 23.1. The Labute approximate surface area is 148 Å². The maximum Gasteiger partial charge on any atom is 0.272 e. The van der Waals surface area contributed by atoms with Gasteiger partial charge in [-0.15, -0.1) is 0 Å². The van der Waals surface area contributed by atoms with Gasteiger partial charge in [-0.25, -0.2) is 0 Å². The first-order chi connectivity index (χ1) is 12.1. The number of oxime groups is 1. The zero-order valence-corrected chi connectivity index (χ0v) is 13.8. The molecule has 0 aromatic heterocycles. The van der Waals surface area contributed by atoms with Gasteiger partial charge in [0.25, 0.3) is 5.91 Å². The molecule has 1 atom stereocenters. The molecule has 2 aromatic carbocycles. The topological polar surface area (TPSA) is 69.2 Å². The van der Waals surface area contributed by atoms with Crippen molar-refractivity contribution in [2.75, 3.05) is 12.1 Å². The Balaban J connectivity index is 1.45. The van der Waals surface area contributed by atoms with Crippen LogP contribution in [0.15, 0.2) is 41.6 Å². The van der Waals surface area contributed by atoms with Crippen LogP contribution in [0.25, 0.3) is 0 Å². The highest BCUT2D eigenvalue weighted by atomic mass is 35.5. The molecular formula is C18H13ClN2O4. The van der Waals surface area contributed by atoms with Gasteiger partial charge in [0.1, 0.15) is 0 Å². The fraction of sp³-hybridized carbons (Fsp3) is 0.222. The minimum absolute atomic E-state index is 0.192. The summed E-state index contributed by atoms with van der Waals surface area (Å²) >= 11 is 5.93. The monoisotopic (exact) mass is 356 g/mol. The molecule has 5 rings (SSSR count). The van der Waals surface area contributed by atoms with Crippen molar-refractivity contribution in [2.45, 2.75) is 18.4 Å². The number of nitrogens with one attached hydrogen (secondary N) is 1. The fourth-order valence-electron chi connectivity index (χ4n) is 3.36. The maximum absolute atomic E-state index is 12.7. The van der Waals surface area contributed by atoms with Crippen molar-refractivity contribution in [2.24, 2.45) is 5.16 Å². The minimum atomic E-state index is -1.03. The molecular weight excluding hydrogens is 344 g/mol. The number of carbonyl (C=O) groups is 1. The van der Waals surface area contributed by atoms with E-state index in [1.54, 1.807) is 18.2 Å². The summed E-state index contributed by atoms with van der Waals surface area (Å²) in [4.78, 5) is 18.3. The summed E-state index contributed by atoms with van der Waals surface area (Å²) in [6, 6.07) is 11.0. The van der Waals surface area contributed by atoms with Gasteiger partial charge in [0.2, 0.25) is 12.4 Å². The molecule has 0 radical (unpaired) electrons.